The SMILES string of the molecule is CN(CCN(C=O)CC(F)(F)F)NC(=O)c1cc(NC(=O)C2C(c3cc(Cl)cc(Cl)c3)C2(Cl)Cl)ccc1Cl. The van der Waals surface area contributed by atoms with Gasteiger partial charge in [-0.15, -0.1) is 23.2 Å². The Morgan fingerprint density at radius 3 is 2.26 bits per heavy atom. The van der Waals surface area contributed by atoms with Crippen LogP contribution in [0.25, 0.3) is 0 Å². The summed E-state index contributed by atoms with van der Waals surface area (Å²) in [5.74, 6) is -2.62. The molecule has 0 heterocycles. The fourth-order valence-corrected chi connectivity index (χ4v) is 5.36. The number of hydrazine groups is 1. The number of nitrogens with zero attached hydrogens (tertiary/aromatic N) is 2. The lowest BCUT2D eigenvalue weighted by Gasteiger charge is -2.23. The molecular weight excluding hydrogens is 615 g/mol. The highest BCUT2D eigenvalue weighted by Crippen LogP contribution is 2.65. The number of halogens is 8. The molecule has 1 saturated carbocycles. The third-order valence-corrected chi connectivity index (χ3v) is 7.31. The Balaban J connectivity index is 1.64. The molecule has 2 unspecified atom stereocenters. The molecule has 2 atom stereocenters. The van der Waals surface area contributed by atoms with Crippen LogP contribution in [0.5, 0.6) is 0 Å². The molecule has 2 aromatic carbocycles. The van der Waals surface area contributed by atoms with Crippen LogP contribution in [0.1, 0.15) is 21.8 Å². The minimum atomic E-state index is -4.55. The summed E-state index contributed by atoms with van der Waals surface area (Å²) in [6.07, 6.45) is -4.47. The van der Waals surface area contributed by atoms with Gasteiger partial charge in [0.15, 0.2) is 0 Å². The highest BCUT2D eigenvalue weighted by atomic mass is 35.5. The van der Waals surface area contributed by atoms with Crippen molar-refractivity contribution in [2.75, 3.05) is 32.0 Å². The largest absolute Gasteiger partial charge is 0.406 e. The van der Waals surface area contributed by atoms with Crippen molar-refractivity contribution in [2.24, 2.45) is 5.92 Å². The monoisotopic (exact) mass is 632 g/mol. The number of nitrogens with one attached hydrogen (secondary N) is 2. The summed E-state index contributed by atoms with van der Waals surface area (Å²) < 4.78 is 36.1. The summed E-state index contributed by atoms with van der Waals surface area (Å²) >= 11 is 31.0. The van der Waals surface area contributed by atoms with Crippen LogP contribution in [0.4, 0.5) is 18.9 Å². The third kappa shape index (κ3) is 7.80. The Bertz CT molecular complexity index is 1210. The summed E-state index contributed by atoms with van der Waals surface area (Å²) in [5, 5.41) is 4.64. The standard InChI is InChI=1S/C23H20Cl5F3N4O3/c1-34(4-5-35(11-36)10-22(29,30)31)33-20(37)16-9-15(2-3-17(16)26)32-21(38)19-18(23(19,27)28)12-6-13(24)8-14(25)7-12/h2-3,6-9,11,18-19H,4-5,10H2,1H3,(H,32,38)(H,33,37). The van der Waals surface area contributed by atoms with E-state index in [1.54, 1.807) is 12.1 Å². The summed E-state index contributed by atoms with van der Waals surface area (Å²) in [5.41, 5.74) is 3.25. The van der Waals surface area contributed by atoms with Gasteiger partial charge in [0, 0.05) is 41.8 Å². The number of hydrogen-bond acceptors (Lipinski definition) is 4. The maximum atomic E-state index is 13.0. The van der Waals surface area contributed by atoms with Gasteiger partial charge in [-0.1, -0.05) is 34.8 Å². The average molecular weight is 635 g/mol. The van der Waals surface area contributed by atoms with Crippen LogP contribution in [-0.4, -0.2) is 65.3 Å². The van der Waals surface area contributed by atoms with Crippen LogP contribution in [0.3, 0.4) is 0 Å². The fourth-order valence-electron chi connectivity index (χ4n) is 3.79. The Labute approximate surface area is 241 Å². The number of carbonyl (C=O) groups is 3. The molecule has 2 aromatic rings. The van der Waals surface area contributed by atoms with Gasteiger partial charge in [0.05, 0.1) is 16.5 Å². The van der Waals surface area contributed by atoms with Crippen molar-refractivity contribution in [3.63, 3.8) is 0 Å². The molecule has 0 spiro atoms. The first kappa shape index (κ1) is 30.6. The molecule has 0 saturated heterocycles. The molecule has 3 amide bonds. The Morgan fingerprint density at radius 2 is 1.68 bits per heavy atom. The molecule has 38 heavy (non-hydrogen) atoms. The van der Waals surface area contributed by atoms with E-state index in [2.05, 4.69) is 10.7 Å². The Kier molecular flexibility index (Phi) is 9.71. The van der Waals surface area contributed by atoms with Crippen LogP contribution < -0.4 is 10.7 Å². The van der Waals surface area contributed by atoms with Crippen molar-refractivity contribution in [3.8, 4) is 0 Å². The van der Waals surface area contributed by atoms with E-state index in [9.17, 15) is 27.6 Å². The van der Waals surface area contributed by atoms with Gasteiger partial charge in [-0.05, 0) is 42.0 Å². The van der Waals surface area contributed by atoms with Crippen molar-refractivity contribution in [1.82, 2.24) is 15.3 Å². The molecule has 3 rings (SSSR count). The van der Waals surface area contributed by atoms with Gasteiger partial charge in [-0.25, -0.2) is 5.01 Å². The van der Waals surface area contributed by atoms with Gasteiger partial charge in [0.1, 0.15) is 10.9 Å². The highest BCUT2D eigenvalue weighted by Gasteiger charge is 2.67. The first-order valence-electron chi connectivity index (χ1n) is 10.8. The summed E-state index contributed by atoms with van der Waals surface area (Å²) in [4.78, 5) is 37.1. The van der Waals surface area contributed by atoms with Crippen LogP contribution in [0.2, 0.25) is 15.1 Å². The maximum absolute atomic E-state index is 13.0. The normalized spacial score (nSPS) is 18.2. The van der Waals surface area contributed by atoms with Crippen molar-refractivity contribution < 1.29 is 27.6 Å². The molecule has 0 aliphatic heterocycles. The number of rotatable bonds is 10. The summed E-state index contributed by atoms with van der Waals surface area (Å²) in [7, 11) is 1.41. The molecule has 1 aliphatic rings. The van der Waals surface area contributed by atoms with Gasteiger partial charge < -0.3 is 10.2 Å². The summed E-state index contributed by atoms with van der Waals surface area (Å²) in [6, 6.07) is 8.94. The second-order valence-corrected chi connectivity index (χ2v) is 11.3. The zero-order chi connectivity index (χ0) is 28.4. The van der Waals surface area contributed by atoms with Crippen molar-refractivity contribution in [3.05, 3.63) is 62.6 Å². The minimum absolute atomic E-state index is 0.0177. The lowest BCUT2D eigenvalue weighted by molar-refractivity contribution is -0.154. The van der Waals surface area contributed by atoms with Gasteiger partial charge in [0.25, 0.3) is 5.91 Å². The van der Waals surface area contributed by atoms with Crippen LogP contribution in [0, 0.1) is 5.92 Å². The van der Waals surface area contributed by atoms with E-state index in [0.29, 0.717) is 20.5 Å². The molecule has 0 bridgehead atoms. The van der Waals surface area contributed by atoms with Crippen molar-refractivity contribution in [2.45, 2.75) is 16.4 Å². The molecule has 7 nitrogen and oxygen atoms in total. The highest BCUT2D eigenvalue weighted by molar-refractivity contribution is 6.53. The number of carbonyl (C=O) groups excluding carboxylic acids is 3. The van der Waals surface area contributed by atoms with E-state index in [-0.39, 0.29) is 35.8 Å². The van der Waals surface area contributed by atoms with E-state index in [4.69, 9.17) is 58.0 Å². The van der Waals surface area contributed by atoms with E-state index in [1.807, 2.05) is 0 Å². The van der Waals surface area contributed by atoms with Gasteiger partial charge in [-0.3, -0.25) is 19.8 Å². The van der Waals surface area contributed by atoms with Gasteiger partial charge >= 0.3 is 6.18 Å². The van der Waals surface area contributed by atoms with E-state index in [1.165, 1.54) is 36.3 Å². The van der Waals surface area contributed by atoms with E-state index < -0.39 is 40.7 Å². The second kappa shape index (κ2) is 12.1. The van der Waals surface area contributed by atoms with Gasteiger partial charge in [-0.2, -0.15) is 13.2 Å². The predicted octanol–water partition coefficient (Wildman–Crippen LogP) is 5.77. The molecule has 206 valence electrons. The number of amides is 3. The van der Waals surface area contributed by atoms with Gasteiger partial charge in [0.2, 0.25) is 12.3 Å². The second-order valence-electron chi connectivity index (χ2n) is 8.57. The number of alkyl halides is 5. The lowest BCUT2D eigenvalue weighted by Crippen LogP contribution is -2.45. The molecule has 2 N–H and O–H groups in total. The molecule has 1 fully saturated rings. The quantitative estimate of drug-likeness (QED) is 0.198. The van der Waals surface area contributed by atoms with Crippen LogP contribution in [-0.2, 0) is 9.59 Å². The fraction of sp³-hybridized carbons (Fsp3) is 0.348. The predicted molar refractivity (Wildman–Crippen MR) is 141 cm³/mol. The van der Waals surface area contributed by atoms with Crippen molar-refractivity contribution >= 4 is 81.9 Å². The van der Waals surface area contributed by atoms with Crippen LogP contribution >= 0.6 is 58.0 Å². The number of anilines is 1. The van der Waals surface area contributed by atoms with E-state index >= 15 is 0 Å². The zero-order valence-electron chi connectivity index (χ0n) is 19.5. The molecule has 0 radical (unpaired) electrons. The minimum Gasteiger partial charge on any atom is -0.335 e. The molecule has 1 aliphatic carbocycles. The van der Waals surface area contributed by atoms with Crippen molar-refractivity contribution in [1.29, 1.82) is 0 Å². The number of likely N-dealkylation sites (N-methyl/N-ethyl adjacent to an activating group) is 1. The Morgan fingerprint density at radius 1 is 1.05 bits per heavy atom. The lowest BCUT2D eigenvalue weighted by atomic mass is 10.1. The number of hydrogen-bond donors (Lipinski definition) is 2. The average Bonchev–Trinajstić information content (AvgIpc) is 3.38. The molecule has 0 aromatic heterocycles. The van der Waals surface area contributed by atoms with E-state index in [0.717, 1.165) is 0 Å². The Hall–Kier alpha value is -1.95. The zero-order valence-corrected chi connectivity index (χ0v) is 23.2. The smallest absolute Gasteiger partial charge is 0.335 e. The number of benzene rings is 2. The van der Waals surface area contributed by atoms with Crippen LogP contribution in [0.15, 0.2) is 36.4 Å². The maximum Gasteiger partial charge on any atom is 0.406 e. The first-order valence-corrected chi connectivity index (χ1v) is 12.7. The molecule has 15 heteroatoms. The summed E-state index contributed by atoms with van der Waals surface area (Å²) in [6.45, 7) is -1.80. The topological polar surface area (TPSA) is 81.8 Å². The molecular formula is C23H20Cl5F3N4O3. The first-order chi connectivity index (χ1) is 17.6. The third-order valence-electron chi connectivity index (χ3n) is 5.60.